The zero-order valence-electron chi connectivity index (χ0n) is 9.74. The van der Waals surface area contributed by atoms with Gasteiger partial charge in [0.1, 0.15) is 0 Å². The van der Waals surface area contributed by atoms with Crippen LogP contribution in [0.25, 0.3) is 10.9 Å². The van der Waals surface area contributed by atoms with Gasteiger partial charge in [0.2, 0.25) is 0 Å². The average molecular weight is 231 g/mol. The van der Waals surface area contributed by atoms with E-state index in [1.165, 1.54) is 13.2 Å². The summed E-state index contributed by atoms with van der Waals surface area (Å²) in [5.41, 5.74) is 2.25. The van der Waals surface area contributed by atoms with E-state index in [-0.39, 0.29) is 17.8 Å². The van der Waals surface area contributed by atoms with Gasteiger partial charge in [0.25, 0.3) is 0 Å². The number of esters is 1. The van der Waals surface area contributed by atoms with Gasteiger partial charge in [0, 0.05) is 17.1 Å². The predicted octanol–water partition coefficient (Wildman–Crippen LogP) is 1.55. The van der Waals surface area contributed by atoms with Gasteiger partial charge >= 0.3 is 5.97 Å². The maximum atomic E-state index is 11.8. The van der Waals surface area contributed by atoms with Gasteiger partial charge < -0.3 is 9.72 Å². The van der Waals surface area contributed by atoms with Crippen LogP contribution in [0.4, 0.5) is 0 Å². The maximum absolute atomic E-state index is 11.8. The number of aryl methyl sites for hydroxylation is 1. The molecule has 1 heterocycles. The van der Waals surface area contributed by atoms with Crippen molar-refractivity contribution in [3.8, 4) is 0 Å². The molecule has 2 aromatic rings. The highest BCUT2D eigenvalue weighted by atomic mass is 16.5. The third-order valence-electron chi connectivity index (χ3n) is 2.69. The molecule has 0 fully saturated rings. The van der Waals surface area contributed by atoms with Crippen LogP contribution in [0, 0.1) is 6.92 Å². The number of hydrogen-bond donors (Lipinski definition) is 1. The molecular weight excluding hydrogens is 218 g/mol. The fourth-order valence-corrected chi connectivity index (χ4v) is 1.79. The molecule has 1 aromatic heterocycles. The summed E-state index contributed by atoms with van der Waals surface area (Å²) in [5.74, 6) is -0.367. The first-order chi connectivity index (χ1) is 8.11. The Hall–Kier alpha value is -2.10. The Bertz CT molecular complexity index is 628. The lowest BCUT2D eigenvalue weighted by Crippen LogP contribution is -2.11. The summed E-state index contributed by atoms with van der Waals surface area (Å²) in [4.78, 5) is 26.1. The first-order valence-electron chi connectivity index (χ1n) is 5.30. The van der Waals surface area contributed by atoms with Crippen LogP contribution in [0.2, 0.25) is 0 Å². The van der Waals surface area contributed by atoms with E-state index in [4.69, 9.17) is 0 Å². The van der Waals surface area contributed by atoms with Crippen LogP contribution in [-0.2, 0) is 16.0 Å². The fourth-order valence-electron chi connectivity index (χ4n) is 1.79. The molecule has 17 heavy (non-hydrogen) atoms. The van der Waals surface area contributed by atoms with Crippen molar-refractivity contribution in [2.24, 2.45) is 0 Å². The quantitative estimate of drug-likeness (QED) is 0.798. The lowest BCUT2D eigenvalue weighted by Gasteiger charge is -2.05. The number of pyridine rings is 1. The van der Waals surface area contributed by atoms with Gasteiger partial charge in [-0.15, -0.1) is 0 Å². The highest BCUT2D eigenvalue weighted by Crippen LogP contribution is 2.13. The molecule has 0 spiro atoms. The molecule has 0 unspecified atom stereocenters. The Morgan fingerprint density at radius 1 is 1.41 bits per heavy atom. The number of H-pyrrole nitrogens is 1. The van der Waals surface area contributed by atoms with Crippen LogP contribution in [0.1, 0.15) is 11.3 Å². The largest absolute Gasteiger partial charge is 0.469 e. The highest BCUT2D eigenvalue weighted by Gasteiger charge is 2.07. The number of hydrogen-bond acceptors (Lipinski definition) is 3. The van der Waals surface area contributed by atoms with Gasteiger partial charge in [-0.1, -0.05) is 12.1 Å². The van der Waals surface area contributed by atoms with Crippen LogP contribution >= 0.6 is 0 Å². The van der Waals surface area contributed by atoms with Crippen molar-refractivity contribution < 1.29 is 9.53 Å². The van der Waals surface area contributed by atoms with Crippen molar-refractivity contribution in [3.63, 3.8) is 0 Å². The standard InChI is InChI=1S/C13H13NO3/c1-8-4-3-5-10-11(15)6-9(14-13(8)10)7-12(16)17-2/h3-6H,7H2,1-2H3,(H,14,15). The Morgan fingerprint density at radius 3 is 2.88 bits per heavy atom. The summed E-state index contributed by atoms with van der Waals surface area (Å²) in [6, 6.07) is 6.97. The predicted molar refractivity (Wildman–Crippen MR) is 65.0 cm³/mol. The monoisotopic (exact) mass is 231 g/mol. The number of ether oxygens (including phenoxy) is 1. The molecule has 2 rings (SSSR count). The molecule has 4 nitrogen and oxygen atoms in total. The number of benzene rings is 1. The van der Waals surface area contributed by atoms with E-state index in [1.807, 2.05) is 19.1 Å². The van der Waals surface area contributed by atoms with Crippen molar-refractivity contribution in [1.82, 2.24) is 4.98 Å². The minimum atomic E-state index is -0.367. The second-order valence-corrected chi connectivity index (χ2v) is 3.91. The molecule has 88 valence electrons. The molecule has 0 aliphatic heterocycles. The third kappa shape index (κ3) is 2.20. The van der Waals surface area contributed by atoms with E-state index < -0.39 is 0 Å². The first-order valence-corrected chi connectivity index (χ1v) is 5.30. The number of aromatic nitrogens is 1. The van der Waals surface area contributed by atoms with E-state index in [2.05, 4.69) is 9.72 Å². The first kappa shape index (κ1) is 11.4. The summed E-state index contributed by atoms with van der Waals surface area (Å²) >= 11 is 0. The normalized spacial score (nSPS) is 10.5. The molecular formula is C13H13NO3. The Kier molecular flexibility index (Phi) is 2.95. The van der Waals surface area contributed by atoms with Crippen LogP contribution < -0.4 is 5.43 Å². The second-order valence-electron chi connectivity index (χ2n) is 3.91. The van der Waals surface area contributed by atoms with E-state index in [0.29, 0.717) is 11.1 Å². The van der Waals surface area contributed by atoms with Gasteiger partial charge in [-0.25, -0.2) is 0 Å². The number of aromatic amines is 1. The molecule has 0 aliphatic rings. The summed E-state index contributed by atoms with van der Waals surface area (Å²) in [5, 5.41) is 0.638. The smallest absolute Gasteiger partial charge is 0.311 e. The summed E-state index contributed by atoms with van der Waals surface area (Å²) in [6.07, 6.45) is 0.0794. The molecule has 4 heteroatoms. The Morgan fingerprint density at radius 2 is 2.18 bits per heavy atom. The van der Waals surface area contributed by atoms with Gasteiger partial charge in [0.15, 0.2) is 5.43 Å². The van der Waals surface area contributed by atoms with Gasteiger partial charge in [0.05, 0.1) is 19.0 Å². The molecule has 0 bridgehead atoms. The van der Waals surface area contributed by atoms with E-state index in [0.717, 1.165) is 11.1 Å². The Labute approximate surface area is 98.2 Å². The van der Waals surface area contributed by atoms with Crippen molar-refractivity contribution in [2.75, 3.05) is 7.11 Å². The zero-order valence-corrected chi connectivity index (χ0v) is 9.74. The molecule has 1 N–H and O–H groups in total. The van der Waals surface area contributed by atoms with Crippen LogP contribution in [0.15, 0.2) is 29.1 Å². The number of para-hydroxylation sites is 1. The molecule has 1 aromatic carbocycles. The minimum Gasteiger partial charge on any atom is -0.469 e. The summed E-state index contributed by atoms with van der Waals surface area (Å²) in [7, 11) is 1.33. The molecule has 0 saturated heterocycles. The van der Waals surface area contributed by atoms with Crippen molar-refractivity contribution in [3.05, 3.63) is 45.7 Å². The van der Waals surface area contributed by atoms with E-state index >= 15 is 0 Å². The molecule has 0 aliphatic carbocycles. The number of rotatable bonds is 2. The fraction of sp³-hybridized carbons (Fsp3) is 0.231. The van der Waals surface area contributed by atoms with Crippen molar-refractivity contribution in [1.29, 1.82) is 0 Å². The summed E-state index contributed by atoms with van der Waals surface area (Å²) < 4.78 is 4.58. The SMILES string of the molecule is COC(=O)Cc1cc(=O)c2cccc(C)c2[nH]1. The zero-order chi connectivity index (χ0) is 12.4. The molecule has 0 saturated carbocycles. The lowest BCUT2D eigenvalue weighted by molar-refractivity contribution is -0.139. The highest BCUT2D eigenvalue weighted by molar-refractivity contribution is 5.82. The van der Waals surface area contributed by atoms with Crippen molar-refractivity contribution in [2.45, 2.75) is 13.3 Å². The molecule has 0 amide bonds. The van der Waals surface area contributed by atoms with Crippen molar-refractivity contribution >= 4 is 16.9 Å². The maximum Gasteiger partial charge on any atom is 0.311 e. The van der Waals surface area contributed by atoms with Gasteiger partial charge in [-0.2, -0.15) is 0 Å². The minimum absolute atomic E-state index is 0.0794. The number of fused-ring (bicyclic) bond motifs is 1. The topological polar surface area (TPSA) is 59.2 Å². The van der Waals surface area contributed by atoms with Gasteiger partial charge in [-0.3, -0.25) is 9.59 Å². The average Bonchev–Trinajstić information content (AvgIpc) is 2.30. The number of nitrogens with one attached hydrogen (secondary N) is 1. The number of methoxy groups -OCH3 is 1. The number of carbonyl (C=O) groups is 1. The van der Waals surface area contributed by atoms with Crippen LogP contribution in [0.5, 0.6) is 0 Å². The lowest BCUT2D eigenvalue weighted by atomic mass is 10.1. The van der Waals surface area contributed by atoms with E-state index in [9.17, 15) is 9.59 Å². The second kappa shape index (κ2) is 4.41. The summed E-state index contributed by atoms with van der Waals surface area (Å²) in [6.45, 7) is 1.92. The Balaban J connectivity index is 2.58. The van der Waals surface area contributed by atoms with E-state index in [1.54, 1.807) is 6.07 Å². The van der Waals surface area contributed by atoms with Gasteiger partial charge in [-0.05, 0) is 18.6 Å². The van der Waals surface area contributed by atoms with Crippen LogP contribution in [-0.4, -0.2) is 18.1 Å². The number of carbonyl (C=O) groups excluding carboxylic acids is 1. The molecule has 0 atom stereocenters. The van der Waals surface area contributed by atoms with Crippen LogP contribution in [0.3, 0.4) is 0 Å². The molecule has 0 radical (unpaired) electrons. The third-order valence-corrected chi connectivity index (χ3v) is 2.69.